The van der Waals surface area contributed by atoms with Crippen LogP contribution in [0.25, 0.3) is 0 Å². The summed E-state index contributed by atoms with van der Waals surface area (Å²) < 4.78 is 7.39. The fourth-order valence-electron chi connectivity index (χ4n) is 3.02. The van der Waals surface area contributed by atoms with Crippen molar-refractivity contribution in [1.29, 1.82) is 0 Å². The number of allylic oxidation sites excluding steroid dienone is 1. The van der Waals surface area contributed by atoms with Gasteiger partial charge < -0.3 is 4.74 Å². The van der Waals surface area contributed by atoms with E-state index in [-0.39, 0.29) is 11.0 Å². The molecule has 0 aliphatic heterocycles. The maximum atomic E-state index is 6.40. The van der Waals surface area contributed by atoms with Crippen LogP contribution >= 0.6 is 27.5 Å². The van der Waals surface area contributed by atoms with Gasteiger partial charge in [-0.2, -0.15) is 0 Å². The van der Waals surface area contributed by atoms with Crippen molar-refractivity contribution in [2.75, 3.05) is 6.61 Å². The molecule has 0 radical (unpaired) electrons. The summed E-state index contributed by atoms with van der Waals surface area (Å²) in [5.74, 6) is 0. The summed E-state index contributed by atoms with van der Waals surface area (Å²) in [6, 6.07) is 0. The molecular weight excluding hydrogens is 287 g/mol. The van der Waals surface area contributed by atoms with Gasteiger partial charge in [0.25, 0.3) is 0 Å². The average Bonchev–Trinajstić information content (AvgIpc) is 2.24. The van der Waals surface area contributed by atoms with E-state index in [1.54, 1.807) is 0 Å². The molecule has 0 spiro atoms. The highest BCUT2D eigenvalue weighted by Gasteiger charge is 2.41. The van der Waals surface area contributed by atoms with E-state index in [4.69, 9.17) is 16.3 Å². The van der Waals surface area contributed by atoms with Gasteiger partial charge in [-0.25, -0.2) is 0 Å². The molecule has 3 heteroatoms. The van der Waals surface area contributed by atoms with Crippen molar-refractivity contribution in [2.24, 2.45) is 0 Å². The summed E-state index contributed by atoms with van der Waals surface area (Å²) in [6.45, 7) is 2.84. The zero-order valence-electron chi connectivity index (χ0n) is 9.90. The molecule has 2 aliphatic rings. The molecule has 0 saturated carbocycles. The SMILES string of the molecule is CCO[C@]12CCCCCC(=C1Br)C[C@@H](Cl)C2. The Morgan fingerprint density at radius 3 is 3.00 bits per heavy atom. The molecule has 0 N–H and O–H groups in total. The van der Waals surface area contributed by atoms with Gasteiger partial charge in [-0.1, -0.05) is 34.3 Å². The highest BCUT2D eigenvalue weighted by molar-refractivity contribution is 9.11. The normalized spacial score (nSPS) is 35.8. The van der Waals surface area contributed by atoms with Gasteiger partial charge in [0.15, 0.2) is 0 Å². The average molecular weight is 308 g/mol. The van der Waals surface area contributed by atoms with E-state index in [1.165, 1.54) is 35.7 Å². The van der Waals surface area contributed by atoms with E-state index >= 15 is 0 Å². The van der Waals surface area contributed by atoms with Crippen LogP contribution in [0, 0.1) is 0 Å². The van der Waals surface area contributed by atoms with Crippen molar-refractivity contribution in [3.05, 3.63) is 10.1 Å². The molecule has 0 fully saturated rings. The molecule has 0 unspecified atom stereocenters. The number of alkyl halides is 1. The van der Waals surface area contributed by atoms with E-state index in [1.807, 2.05) is 0 Å². The predicted molar refractivity (Wildman–Crippen MR) is 72.3 cm³/mol. The summed E-state index contributed by atoms with van der Waals surface area (Å²) in [7, 11) is 0. The highest BCUT2D eigenvalue weighted by Crippen LogP contribution is 2.47. The molecule has 2 rings (SSSR count). The minimum Gasteiger partial charge on any atom is -0.370 e. The van der Waals surface area contributed by atoms with Crippen molar-refractivity contribution in [2.45, 2.75) is 62.8 Å². The van der Waals surface area contributed by atoms with Gasteiger partial charge in [0.2, 0.25) is 0 Å². The molecule has 16 heavy (non-hydrogen) atoms. The quantitative estimate of drug-likeness (QED) is 0.667. The summed E-state index contributed by atoms with van der Waals surface area (Å²) in [5, 5.41) is 0.251. The second-order valence-corrected chi connectivity index (χ2v) is 6.32. The first kappa shape index (κ1) is 12.9. The summed E-state index contributed by atoms with van der Waals surface area (Å²) >= 11 is 10.2. The van der Waals surface area contributed by atoms with Crippen LogP contribution < -0.4 is 0 Å². The van der Waals surface area contributed by atoms with E-state index in [2.05, 4.69) is 22.9 Å². The molecule has 1 nitrogen and oxygen atoms in total. The minimum absolute atomic E-state index is 0.102. The van der Waals surface area contributed by atoms with Crippen LogP contribution in [0.1, 0.15) is 51.9 Å². The Balaban J connectivity index is 2.33. The Bertz CT molecular complexity index is 290. The standard InChI is InChI=1S/C13H20BrClO/c1-2-16-13-7-5-3-4-6-10(12(13)14)8-11(15)9-13/h11H,2-9H2,1H3/t11-,13+/m1/s1. The molecule has 2 aliphatic carbocycles. The van der Waals surface area contributed by atoms with Crippen molar-refractivity contribution in [3.8, 4) is 0 Å². The second-order valence-electron chi connectivity index (χ2n) is 4.91. The number of hydrogen-bond donors (Lipinski definition) is 0. The smallest absolute Gasteiger partial charge is 0.101 e. The van der Waals surface area contributed by atoms with Gasteiger partial charge in [0.05, 0.1) is 0 Å². The third kappa shape index (κ3) is 2.49. The lowest BCUT2D eigenvalue weighted by Gasteiger charge is -2.41. The number of ether oxygens (including phenoxy) is 1. The predicted octanol–water partition coefficient (Wildman–Crippen LogP) is 4.78. The number of fused-ring (bicyclic) bond motifs is 1. The van der Waals surface area contributed by atoms with Crippen LogP contribution in [0.2, 0.25) is 0 Å². The van der Waals surface area contributed by atoms with Crippen LogP contribution in [0.5, 0.6) is 0 Å². The first-order valence-electron chi connectivity index (χ1n) is 6.34. The van der Waals surface area contributed by atoms with Crippen LogP contribution in [0.3, 0.4) is 0 Å². The Labute approximate surface area is 112 Å². The molecule has 0 heterocycles. The highest BCUT2D eigenvalue weighted by atomic mass is 79.9. The van der Waals surface area contributed by atoms with Crippen molar-refractivity contribution in [1.82, 2.24) is 0 Å². The number of rotatable bonds is 2. The Hall–Kier alpha value is 0.470. The fraction of sp³-hybridized carbons (Fsp3) is 0.846. The number of hydrogen-bond acceptors (Lipinski definition) is 1. The molecule has 0 aromatic rings. The topological polar surface area (TPSA) is 9.23 Å². The molecule has 0 saturated heterocycles. The van der Waals surface area contributed by atoms with Gasteiger partial charge in [-0.05, 0) is 39.0 Å². The van der Waals surface area contributed by atoms with Crippen LogP contribution in [0.4, 0.5) is 0 Å². The molecular formula is C13H20BrClO. The molecule has 0 aromatic heterocycles. The molecule has 0 aromatic carbocycles. The van der Waals surface area contributed by atoms with Gasteiger partial charge in [-0.3, -0.25) is 0 Å². The Kier molecular flexibility index (Phi) is 4.37. The zero-order chi connectivity index (χ0) is 11.6. The van der Waals surface area contributed by atoms with Gasteiger partial charge in [0, 0.05) is 16.5 Å². The van der Waals surface area contributed by atoms with E-state index < -0.39 is 0 Å². The van der Waals surface area contributed by atoms with Crippen molar-refractivity contribution in [3.63, 3.8) is 0 Å². The fourth-order valence-corrected chi connectivity index (χ4v) is 4.29. The lowest BCUT2D eigenvalue weighted by atomic mass is 9.79. The van der Waals surface area contributed by atoms with Crippen molar-refractivity contribution < 1.29 is 4.74 Å². The largest absolute Gasteiger partial charge is 0.370 e. The first-order valence-corrected chi connectivity index (χ1v) is 7.57. The second kappa shape index (κ2) is 5.41. The van der Waals surface area contributed by atoms with Crippen LogP contribution in [-0.4, -0.2) is 17.6 Å². The zero-order valence-corrected chi connectivity index (χ0v) is 12.2. The summed E-state index contributed by atoms with van der Waals surface area (Å²) in [4.78, 5) is 0. The van der Waals surface area contributed by atoms with Gasteiger partial charge >= 0.3 is 0 Å². The molecule has 2 bridgehead atoms. The van der Waals surface area contributed by atoms with Gasteiger partial charge in [0.1, 0.15) is 5.60 Å². The summed E-state index contributed by atoms with van der Waals surface area (Å²) in [5.41, 5.74) is 1.40. The number of halogens is 2. The maximum Gasteiger partial charge on any atom is 0.101 e. The van der Waals surface area contributed by atoms with Gasteiger partial charge in [-0.15, -0.1) is 11.6 Å². The Morgan fingerprint density at radius 2 is 2.25 bits per heavy atom. The van der Waals surface area contributed by atoms with Crippen LogP contribution in [-0.2, 0) is 4.74 Å². The van der Waals surface area contributed by atoms with E-state index in [9.17, 15) is 0 Å². The summed E-state index contributed by atoms with van der Waals surface area (Å²) in [6.07, 6.45) is 8.20. The lowest BCUT2D eigenvalue weighted by molar-refractivity contribution is -0.0236. The molecule has 0 amide bonds. The minimum atomic E-state index is -0.102. The Morgan fingerprint density at radius 1 is 1.44 bits per heavy atom. The first-order chi connectivity index (χ1) is 7.68. The maximum absolute atomic E-state index is 6.40. The molecule has 92 valence electrons. The van der Waals surface area contributed by atoms with Crippen molar-refractivity contribution >= 4 is 27.5 Å². The van der Waals surface area contributed by atoms with E-state index in [0.29, 0.717) is 0 Å². The third-order valence-electron chi connectivity index (χ3n) is 3.71. The van der Waals surface area contributed by atoms with Crippen LogP contribution in [0.15, 0.2) is 10.1 Å². The monoisotopic (exact) mass is 306 g/mol. The molecule has 2 atom stereocenters. The van der Waals surface area contributed by atoms with E-state index in [0.717, 1.165) is 25.9 Å². The third-order valence-corrected chi connectivity index (χ3v) is 5.30. The lowest BCUT2D eigenvalue weighted by Crippen LogP contribution is -2.40.